The Balaban J connectivity index is 1.66. The molecule has 1 amide bonds. The van der Waals surface area contributed by atoms with Crippen molar-refractivity contribution in [3.63, 3.8) is 0 Å². The zero-order valence-electron chi connectivity index (χ0n) is 14.7. The predicted octanol–water partition coefficient (Wildman–Crippen LogP) is 2.09. The Morgan fingerprint density at radius 3 is 2.92 bits per heavy atom. The SMILES string of the molecule is CC(C)Cn1[nH]c(CC(=O)N2CCC=C(c3ccccn3)C2)cc1=O. The fourth-order valence-electron chi connectivity index (χ4n) is 3.05. The zero-order chi connectivity index (χ0) is 17.8. The number of carbonyl (C=O) groups is 1. The van der Waals surface area contributed by atoms with Gasteiger partial charge in [-0.25, -0.2) is 0 Å². The van der Waals surface area contributed by atoms with Crippen LogP contribution in [0.15, 0.2) is 41.3 Å². The highest BCUT2D eigenvalue weighted by Crippen LogP contribution is 2.19. The Labute approximate surface area is 147 Å². The number of rotatable bonds is 5. The molecule has 3 rings (SSSR count). The second-order valence-electron chi connectivity index (χ2n) is 6.85. The molecule has 0 saturated carbocycles. The van der Waals surface area contributed by atoms with Gasteiger partial charge in [0.05, 0.1) is 12.1 Å². The molecule has 3 heterocycles. The molecule has 0 radical (unpaired) electrons. The maximum atomic E-state index is 12.6. The fourth-order valence-corrected chi connectivity index (χ4v) is 3.05. The Bertz CT molecular complexity index is 817. The molecule has 1 aliphatic heterocycles. The molecule has 0 spiro atoms. The molecule has 6 heteroatoms. The number of H-pyrrole nitrogens is 1. The summed E-state index contributed by atoms with van der Waals surface area (Å²) in [6.07, 6.45) is 4.95. The van der Waals surface area contributed by atoms with Crippen molar-refractivity contribution < 1.29 is 4.79 Å². The van der Waals surface area contributed by atoms with Gasteiger partial charge in [-0.15, -0.1) is 0 Å². The molecule has 0 bridgehead atoms. The molecule has 6 nitrogen and oxygen atoms in total. The second kappa shape index (κ2) is 7.51. The predicted molar refractivity (Wildman–Crippen MR) is 97.0 cm³/mol. The first-order valence-electron chi connectivity index (χ1n) is 8.70. The summed E-state index contributed by atoms with van der Waals surface area (Å²) in [5, 5.41) is 3.06. The molecule has 0 saturated heterocycles. The number of nitrogens with zero attached hydrogens (tertiary/aromatic N) is 3. The Morgan fingerprint density at radius 2 is 2.20 bits per heavy atom. The van der Waals surface area contributed by atoms with Crippen LogP contribution in [0.5, 0.6) is 0 Å². The van der Waals surface area contributed by atoms with E-state index in [1.165, 1.54) is 6.07 Å². The Morgan fingerprint density at radius 1 is 1.36 bits per heavy atom. The van der Waals surface area contributed by atoms with E-state index in [-0.39, 0.29) is 17.9 Å². The van der Waals surface area contributed by atoms with Crippen LogP contribution < -0.4 is 5.56 Å². The van der Waals surface area contributed by atoms with Gasteiger partial charge in [0, 0.05) is 37.6 Å². The molecular formula is C19H24N4O2. The number of aromatic amines is 1. The molecule has 132 valence electrons. The molecule has 0 fully saturated rings. The quantitative estimate of drug-likeness (QED) is 0.906. The van der Waals surface area contributed by atoms with Gasteiger partial charge in [-0.05, 0) is 30.0 Å². The van der Waals surface area contributed by atoms with Crippen LogP contribution in [0.2, 0.25) is 0 Å². The van der Waals surface area contributed by atoms with E-state index in [1.54, 1.807) is 10.9 Å². The number of nitrogens with one attached hydrogen (secondary N) is 1. The first-order chi connectivity index (χ1) is 12.0. The average Bonchev–Trinajstić information content (AvgIpc) is 2.94. The van der Waals surface area contributed by atoms with Gasteiger partial charge in [-0.2, -0.15) is 0 Å². The van der Waals surface area contributed by atoms with Crippen LogP contribution in [-0.4, -0.2) is 38.7 Å². The van der Waals surface area contributed by atoms with Crippen LogP contribution in [0, 0.1) is 5.92 Å². The number of amides is 1. The van der Waals surface area contributed by atoms with E-state index < -0.39 is 0 Å². The smallest absolute Gasteiger partial charge is 0.266 e. The minimum absolute atomic E-state index is 0.0273. The molecule has 0 aliphatic carbocycles. The van der Waals surface area contributed by atoms with Gasteiger partial charge in [0.1, 0.15) is 0 Å². The standard InChI is InChI=1S/C19H24N4O2/c1-14(2)12-23-19(25)11-16(21-23)10-18(24)22-9-5-6-15(13-22)17-7-3-4-8-20-17/h3-4,6-8,11,14,21H,5,9-10,12-13H2,1-2H3. The maximum absolute atomic E-state index is 12.6. The third-order valence-electron chi connectivity index (χ3n) is 4.23. The summed E-state index contributed by atoms with van der Waals surface area (Å²) in [5.74, 6) is 0.396. The van der Waals surface area contributed by atoms with Gasteiger partial charge in [0.15, 0.2) is 0 Å². The van der Waals surface area contributed by atoms with Gasteiger partial charge >= 0.3 is 0 Å². The summed E-state index contributed by atoms with van der Waals surface area (Å²) in [5.41, 5.74) is 2.58. The van der Waals surface area contributed by atoms with Crippen molar-refractivity contribution in [1.29, 1.82) is 0 Å². The van der Waals surface area contributed by atoms with Gasteiger partial charge < -0.3 is 4.90 Å². The molecule has 1 N–H and O–H groups in total. The first-order valence-corrected chi connectivity index (χ1v) is 8.70. The first kappa shape index (κ1) is 17.2. The van der Waals surface area contributed by atoms with Crippen molar-refractivity contribution in [1.82, 2.24) is 19.7 Å². The van der Waals surface area contributed by atoms with Gasteiger partial charge in [-0.3, -0.25) is 24.4 Å². The Hall–Kier alpha value is -2.63. The summed E-state index contributed by atoms with van der Waals surface area (Å²) in [7, 11) is 0. The third kappa shape index (κ3) is 4.26. The van der Waals surface area contributed by atoms with E-state index in [9.17, 15) is 9.59 Å². The summed E-state index contributed by atoms with van der Waals surface area (Å²) in [4.78, 5) is 30.8. The average molecular weight is 340 g/mol. The Kier molecular flexibility index (Phi) is 5.16. The summed E-state index contributed by atoms with van der Waals surface area (Å²) < 4.78 is 1.57. The largest absolute Gasteiger partial charge is 0.338 e. The number of hydrogen-bond acceptors (Lipinski definition) is 3. The van der Waals surface area contributed by atoms with Gasteiger partial charge in [0.25, 0.3) is 5.56 Å². The van der Waals surface area contributed by atoms with Crippen LogP contribution >= 0.6 is 0 Å². The van der Waals surface area contributed by atoms with Gasteiger partial charge in [0.2, 0.25) is 5.91 Å². The van der Waals surface area contributed by atoms with Crippen LogP contribution in [0.3, 0.4) is 0 Å². The van der Waals surface area contributed by atoms with E-state index >= 15 is 0 Å². The van der Waals surface area contributed by atoms with E-state index in [2.05, 4.69) is 30.0 Å². The maximum Gasteiger partial charge on any atom is 0.266 e. The van der Waals surface area contributed by atoms with E-state index in [0.29, 0.717) is 31.2 Å². The lowest BCUT2D eigenvalue weighted by molar-refractivity contribution is -0.130. The third-order valence-corrected chi connectivity index (χ3v) is 4.23. The monoisotopic (exact) mass is 340 g/mol. The number of pyridine rings is 1. The lowest BCUT2D eigenvalue weighted by atomic mass is 10.1. The highest BCUT2D eigenvalue weighted by molar-refractivity contribution is 5.81. The van der Waals surface area contributed by atoms with Crippen molar-refractivity contribution in [3.8, 4) is 0 Å². The highest BCUT2D eigenvalue weighted by Gasteiger charge is 2.20. The molecule has 2 aromatic heterocycles. The normalized spacial score (nSPS) is 14.7. The number of hydrogen-bond donors (Lipinski definition) is 1. The summed E-state index contributed by atoms with van der Waals surface area (Å²) >= 11 is 0. The van der Waals surface area contributed by atoms with Crippen molar-refractivity contribution in [2.24, 2.45) is 5.92 Å². The van der Waals surface area contributed by atoms with Crippen LogP contribution in [0.4, 0.5) is 0 Å². The highest BCUT2D eigenvalue weighted by atomic mass is 16.2. The fraction of sp³-hybridized carbons (Fsp3) is 0.421. The molecule has 2 aromatic rings. The van der Waals surface area contributed by atoms with Crippen LogP contribution in [0.1, 0.15) is 31.7 Å². The van der Waals surface area contributed by atoms with Crippen molar-refractivity contribution in [2.45, 2.75) is 33.2 Å². The molecular weight excluding hydrogens is 316 g/mol. The van der Waals surface area contributed by atoms with Gasteiger partial charge in [-0.1, -0.05) is 26.0 Å². The van der Waals surface area contributed by atoms with Crippen LogP contribution in [0.25, 0.3) is 5.57 Å². The number of aromatic nitrogens is 3. The van der Waals surface area contributed by atoms with Crippen molar-refractivity contribution >= 4 is 11.5 Å². The van der Waals surface area contributed by atoms with Crippen LogP contribution in [-0.2, 0) is 17.8 Å². The van der Waals surface area contributed by atoms with E-state index in [4.69, 9.17) is 0 Å². The zero-order valence-corrected chi connectivity index (χ0v) is 14.7. The van der Waals surface area contributed by atoms with Crippen molar-refractivity contribution in [2.75, 3.05) is 13.1 Å². The molecule has 0 atom stereocenters. The molecule has 0 unspecified atom stereocenters. The summed E-state index contributed by atoms with van der Waals surface area (Å²) in [6, 6.07) is 7.32. The lowest BCUT2D eigenvalue weighted by Gasteiger charge is -2.27. The van der Waals surface area contributed by atoms with E-state index in [0.717, 1.165) is 17.7 Å². The van der Waals surface area contributed by atoms with E-state index in [1.807, 2.05) is 23.1 Å². The summed E-state index contributed by atoms with van der Waals surface area (Å²) in [6.45, 7) is 6.00. The minimum Gasteiger partial charge on any atom is -0.338 e. The lowest BCUT2D eigenvalue weighted by Crippen LogP contribution is -2.36. The molecule has 0 aromatic carbocycles. The number of carbonyl (C=O) groups excluding carboxylic acids is 1. The minimum atomic E-state index is -0.0794. The van der Waals surface area contributed by atoms with Crippen molar-refractivity contribution in [3.05, 3.63) is 58.3 Å². The molecule has 1 aliphatic rings. The molecule has 25 heavy (non-hydrogen) atoms. The second-order valence-corrected chi connectivity index (χ2v) is 6.85. The topological polar surface area (TPSA) is 71.0 Å².